The van der Waals surface area contributed by atoms with Crippen LogP contribution >= 0.6 is 11.6 Å². The van der Waals surface area contributed by atoms with E-state index in [4.69, 9.17) is 16.3 Å². The van der Waals surface area contributed by atoms with Crippen molar-refractivity contribution in [3.63, 3.8) is 0 Å². The van der Waals surface area contributed by atoms with E-state index in [1.807, 2.05) is 12.1 Å². The van der Waals surface area contributed by atoms with Crippen molar-refractivity contribution in [1.29, 1.82) is 0 Å². The van der Waals surface area contributed by atoms with Gasteiger partial charge < -0.3 is 15.4 Å². The molecule has 3 N–H and O–H groups in total. The van der Waals surface area contributed by atoms with E-state index >= 15 is 0 Å². The molecule has 0 unspecified atom stereocenters. The molecule has 26 heavy (non-hydrogen) atoms. The Morgan fingerprint density at radius 3 is 2.58 bits per heavy atom. The van der Waals surface area contributed by atoms with Gasteiger partial charge in [-0.2, -0.15) is 5.10 Å². The van der Waals surface area contributed by atoms with Gasteiger partial charge in [-0.25, -0.2) is 15.0 Å². The lowest BCUT2D eigenvalue weighted by molar-refractivity contribution is 0.417. The fraction of sp³-hybridized carbons (Fsp3) is 0.0588. The van der Waals surface area contributed by atoms with Gasteiger partial charge in [-0.05, 0) is 18.2 Å². The molecular formula is C17H14ClN7O. The highest BCUT2D eigenvalue weighted by atomic mass is 35.5. The Bertz CT molecular complexity index is 1050. The quantitative estimate of drug-likeness (QED) is 0.491. The molecule has 9 heteroatoms. The topological polar surface area (TPSA) is 101 Å². The fourth-order valence-corrected chi connectivity index (χ4v) is 2.56. The van der Waals surface area contributed by atoms with Crippen LogP contribution in [0.5, 0.6) is 5.75 Å². The lowest BCUT2D eigenvalue weighted by Gasteiger charge is -2.12. The zero-order chi connectivity index (χ0) is 17.9. The van der Waals surface area contributed by atoms with E-state index in [2.05, 4.69) is 35.8 Å². The normalized spacial score (nSPS) is 10.7. The smallest absolute Gasteiger partial charge is 0.144 e. The van der Waals surface area contributed by atoms with Crippen LogP contribution in [0.3, 0.4) is 0 Å². The number of H-pyrrole nitrogens is 1. The van der Waals surface area contributed by atoms with Crippen molar-refractivity contribution >= 4 is 45.6 Å². The molecule has 3 aromatic heterocycles. The van der Waals surface area contributed by atoms with Gasteiger partial charge in [0.25, 0.3) is 0 Å². The Morgan fingerprint density at radius 1 is 0.962 bits per heavy atom. The van der Waals surface area contributed by atoms with Gasteiger partial charge >= 0.3 is 0 Å². The van der Waals surface area contributed by atoms with E-state index in [-0.39, 0.29) is 0 Å². The number of aromatic amines is 1. The Balaban J connectivity index is 1.59. The molecule has 1 aromatic carbocycles. The number of nitrogens with zero attached hydrogens (tertiary/aromatic N) is 4. The van der Waals surface area contributed by atoms with E-state index in [1.54, 1.807) is 37.7 Å². The molecule has 130 valence electrons. The summed E-state index contributed by atoms with van der Waals surface area (Å²) in [7, 11) is 1.61. The molecule has 0 atom stereocenters. The van der Waals surface area contributed by atoms with E-state index in [1.165, 1.54) is 6.33 Å². The third kappa shape index (κ3) is 3.35. The highest BCUT2D eigenvalue weighted by molar-refractivity contribution is 6.30. The third-order valence-electron chi connectivity index (χ3n) is 3.67. The zero-order valence-corrected chi connectivity index (χ0v) is 14.4. The highest BCUT2D eigenvalue weighted by Gasteiger charge is 2.09. The summed E-state index contributed by atoms with van der Waals surface area (Å²) in [6.45, 7) is 0. The SMILES string of the molecule is COc1cc2[nH]ncc2cc1Nc1cc(Nc2ccc(Cl)cn2)ncn1. The van der Waals surface area contributed by atoms with E-state index in [0.717, 1.165) is 16.6 Å². The average molecular weight is 368 g/mol. The largest absolute Gasteiger partial charge is 0.494 e. The van der Waals surface area contributed by atoms with Gasteiger partial charge in [-0.1, -0.05) is 11.6 Å². The van der Waals surface area contributed by atoms with Crippen molar-refractivity contribution in [2.75, 3.05) is 17.7 Å². The maximum atomic E-state index is 5.85. The number of aromatic nitrogens is 5. The van der Waals surface area contributed by atoms with Crippen LogP contribution in [0.2, 0.25) is 5.02 Å². The van der Waals surface area contributed by atoms with E-state index < -0.39 is 0 Å². The molecule has 3 heterocycles. The second kappa shape index (κ2) is 6.85. The standard InChI is InChI=1S/C17H14ClN7O/c1-26-14-5-12-10(7-22-25-12)4-13(14)23-16-6-17(21-9-20-16)24-15-3-2-11(18)8-19-15/h2-9H,1H3,(H,22,25)(H2,19,20,21,23,24). The zero-order valence-electron chi connectivity index (χ0n) is 13.7. The molecule has 0 spiro atoms. The Hall–Kier alpha value is -3.39. The minimum Gasteiger partial charge on any atom is -0.494 e. The number of hydrogen-bond acceptors (Lipinski definition) is 7. The van der Waals surface area contributed by atoms with Crippen molar-refractivity contribution in [3.05, 3.63) is 54.1 Å². The summed E-state index contributed by atoms with van der Waals surface area (Å²) in [5, 5.41) is 14.8. The van der Waals surface area contributed by atoms with Crippen molar-refractivity contribution in [3.8, 4) is 5.75 Å². The van der Waals surface area contributed by atoms with Gasteiger partial charge in [0.1, 0.15) is 29.5 Å². The number of nitrogens with one attached hydrogen (secondary N) is 3. The van der Waals surface area contributed by atoms with Crippen molar-refractivity contribution in [1.82, 2.24) is 25.1 Å². The van der Waals surface area contributed by atoms with Crippen LogP contribution in [0.4, 0.5) is 23.1 Å². The summed E-state index contributed by atoms with van der Waals surface area (Å²) < 4.78 is 5.44. The number of hydrogen-bond donors (Lipinski definition) is 3. The predicted molar refractivity (Wildman–Crippen MR) is 100 cm³/mol. The second-order valence-electron chi connectivity index (χ2n) is 5.41. The minimum absolute atomic E-state index is 0.572. The lowest BCUT2D eigenvalue weighted by Crippen LogP contribution is -2.00. The highest BCUT2D eigenvalue weighted by Crippen LogP contribution is 2.31. The van der Waals surface area contributed by atoms with Gasteiger partial charge in [0.15, 0.2) is 0 Å². The minimum atomic E-state index is 0.572. The van der Waals surface area contributed by atoms with E-state index in [9.17, 15) is 0 Å². The summed E-state index contributed by atoms with van der Waals surface area (Å²) in [5.74, 6) is 2.52. The molecule has 0 saturated carbocycles. The summed E-state index contributed by atoms with van der Waals surface area (Å²) in [5.41, 5.74) is 1.67. The Labute approximate surface area is 153 Å². The molecule has 0 aliphatic rings. The molecule has 0 bridgehead atoms. The van der Waals surface area contributed by atoms with Gasteiger partial charge in [-0.3, -0.25) is 5.10 Å². The Kier molecular flexibility index (Phi) is 4.24. The summed E-state index contributed by atoms with van der Waals surface area (Å²) in [6, 6.07) is 9.11. The van der Waals surface area contributed by atoms with Crippen LogP contribution in [0.25, 0.3) is 10.9 Å². The number of rotatable bonds is 5. The molecule has 0 radical (unpaired) electrons. The molecule has 8 nitrogen and oxygen atoms in total. The van der Waals surface area contributed by atoms with Crippen LogP contribution in [-0.2, 0) is 0 Å². The molecule has 0 saturated heterocycles. The number of methoxy groups -OCH3 is 1. The summed E-state index contributed by atoms with van der Waals surface area (Å²) >= 11 is 5.85. The molecule has 4 rings (SSSR count). The molecule has 0 aliphatic carbocycles. The Morgan fingerprint density at radius 2 is 1.81 bits per heavy atom. The molecule has 0 fully saturated rings. The first-order chi connectivity index (χ1) is 12.7. The third-order valence-corrected chi connectivity index (χ3v) is 3.90. The lowest BCUT2D eigenvalue weighted by atomic mass is 10.2. The molecule has 0 amide bonds. The van der Waals surface area contributed by atoms with Crippen molar-refractivity contribution in [2.45, 2.75) is 0 Å². The maximum absolute atomic E-state index is 5.85. The van der Waals surface area contributed by atoms with Crippen LogP contribution in [0, 0.1) is 0 Å². The molecule has 0 aliphatic heterocycles. The molecular weight excluding hydrogens is 354 g/mol. The van der Waals surface area contributed by atoms with Crippen LogP contribution in [-0.4, -0.2) is 32.3 Å². The first-order valence-corrected chi connectivity index (χ1v) is 8.08. The van der Waals surface area contributed by atoms with Crippen molar-refractivity contribution < 1.29 is 4.74 Å². The monoisotopic (exact) mass is 367 g/mol. The summed E-state index contributed by atoms with van der Waals surface area (Å²) in [4.78, 5) is 12.6. The van der Waals surface area contributed by atoms with Crippen molar-refractivity contribution in [2.24, 2.45) is 0 Å². The first kappa shape index (κ1) is 16.1. The van der Waals surface area contributed by atoms with Gasteiger partial charge in [0, 0.05) is 23.7 Å². The summed E-state index contributed by atoms with van der Waals surface area (Å²) in [6.07, 6.45) is 4.78. The van der Waals surface area contributed by atoms with Gasteiger partial charge in [0.2, 0.25) is 0 Å². The van der Waals surface area contributed by atoms with Gasteiger partial charge in [-0.15, -0.1) is 0 Å². The van der Waals surface area contributed by atoms with Crippen LogP contribution < -0.4 is 15.4 Å². The van der Waals surface area contributed by atoms with Gasteiger partial charge in [0.05, 0.1) is 29.5 Å². The molecule has 4 aromatic rings. The number of ether oxygens (including phenoxy) is 1. The second-order valence-corrected chi connectivity index (χ2v) is 5.85. The predicted octanol–water partition coefficient (Wildman–Crippen LogP) is 3.90. The number of pyridine rings is 1. The average Bonchev–Trinajstić information content (AvgIpc) is 3.10. The number of benzene rings is 1. The fourth-order valence-electron chi connectivity index (χ4n) is 2.45. The van der Waals surface area contributed by atoms with Crippen LogP contribution in [0.1, 0.15) is 0 Å². The van der Waals surface area contributed by atoms with Crippen LogP contribution in [0.15, 0.2) is 49.1 Å². The maximum Gasteiger partial charge on any atom is 0.144 e. The number of fused-ring (bicyclic) bond motifs is 1. The first-order valence-electron chi connectivity index (χ1n) is 7.70. The number of halogens is 1. The van der Waals surface area contributed by atoms with E-state index in [0.29, 0.717) is 28.2 Å². The number of anilines is 4.